The molecule has 0 aliphatic heterocycles. The highest BCUT2D eigenvalue weighted by molar-refractivity contribution is 6.31. The summed E-state index contributed by atoms with van der Waals surface area (Å²) in [7, 11) is 0. The van der Waals surface area contributed by atoms with Crippen LogP contribution in [0.2, 0.25) is 5.02 Å². The maximum atomic E-state index is 9.73. The minimum Gasteiger partial charge on any atom is -0.388 e. The molecule has 0 heterocycles. The predicted octanol–water partition coefficient (Wildman–Crippen LogP) is 3.34. The molecule has 0 aliphatic rings. The number of aliphatic hydroxyl groups excluding tert-OH is 1. The molecule has 1 atom stereocenters. The summed E-state index contributed by atoms with van der Waals surface area (Å²) in [5.74, 6) is 0. The lowest BCUT2D eigenvalue weighted by atomic mass is 10.0. The molecule has 2 heteroatoms. The lowest BCUT2D eigenvalue weighted by Gasteiger charge is -2.11. The quantitative estimate of drug-likeness (QED) is 0.736. The highest BCUT2D eigenvalue weighted by Crippen LogP contribution is 2.26. The fraction of sp³-hybridized carbons (Fsp3) is 0.273. The molecule has 0 bridgehead atoms. The van der Waals surface area contributed by atoms with Gasteiger partial charge >= 0.3 is 0 Å². The Morgan fingerprint density at radius 3 is 2.69 bits per heavy atom. The normalized spacial score (nSPS) is 12.5. The van der Waals surface area contributed by atoms with E-state index >= 15 is 0 Å². The fourth-order valence-corrected chi connectivity index (χ4v) is 1.45. The summed E-state index contributed by atoms with van der Waals surface area (Å²) in [6.45, 7) is 5.64. The minimum atomic E-state index is -0.536. The molecular formula is C11H13ClO. The standard InChI is InChI=1S/C11H13ClO/c1-8(2)7-11(13)9-5-3-4-6-10(9)12/h3-6,11,13H,1,7H2,2H3. The average molecular weight is 197 g/mol. The Bertz CT molecular complexity index is 307. The lowest BCUT2D eigenvalue weighted by molar-refractivity contribution is 0.178. The second-order valence-corrected chi connectivity index (χ2v) is 3.61. The smallest absolute Gasteiger partial charge is 0.0841 e. The van der Waals surface area contributed by atoms with E-state index in [1.165, 1.54) is 0 Å². The van der Waals surface area contributed by atoms with Gasteiger partial charge in [0, 0.05) is 5.02 Å². The van der Waals surface area contributed by atoms with E-state index in [0.717, 1.165) is 11.1 Å². The van der Waals surface area contributed by atoms with Gasteiger partial charge in [-0.2, -0.15) is 0 Å². The molecule has 1 unspecified atom stereocenters. The van der Waals surface area contributed by atoms with Crippen molar-refractivity contribution in [3.05, 3.63) is 47.0 Å². The van der Waals surface area contributed by atoms with E-state index in [-0.39, 0.29) is 0 Å². The Labute approximate surface area is 83.7 Å². The van der Waals surface area contributed by atoms with Crippen molar-refractivity contribution >= 4 is 11.6 Å². The van der Waals surface area contributed by atoms with Crippen LogP contribution in [0.3, 0.4) is 0 Å². The molecule has 0 fully saturated rings. The lowest BCUT2D eigenvalue weighted by Crippen LogP contribution is -1.98. The largest absolute Gasteiger partial charge is 0.388 e. The van der Waals surface area contributed by atoms with Gasteiger partial charge in [-0.1, -0.05) is 35.4 Å². The minimum absolute atomic E-state index is 0.536. The maximum absolute atomic E-state index is 9.73. The van der Waals surface area contributed by atoms with Crippen LogP contribution < -0.4 is 0 Å². The van der Waals surface area contributed by atoms with E-state index in [0.29, 0.717) is 11.4 Å². The van der Waals surface area contributed by atoms with Crippen molar-refractivity contribution in [2.75, 3.05) is 0 Å². The first-order valence-corrected chi connectivity index (χ1v) is 4.56. The van der Waals surface area contributed by atoms with E-state index in [2.05, 4.69) is 6.58 Å². The van der Waals surface area contributed by atoms with Gasteiger partial charge in [-0.25, -0.2) is 0 Å². The SMILES string of the molecule is C=C(C)CC(O)c1ccccc1Cl. The molecule has 0 saturated carbocycles. The zero-order chi connectivity index (χ0) is 9.84. The summed E-state index contributed by atoms with van der Waals surface area (Å²) < 4.78 is 0. The number of benzene rings is 1. The highest BCUT2D eigenvalue weighted by atomic mass is 35.5. The van der Waals surface area contributed by atoms with Crippen LogP contribution in [0, 0.1) is 0 Å². The highest BCUT2D eigenvalue weighted by Gasteiger charge is 2.10. The van der Waals surface area contributed by atoms with Crippen molar-refractivity contribution in [2.24, 2.45) is 0 Å². The predicted molar refractivity (Wildman–Crippen MR) is 55.8 cm³/mol. The van der Waals surface area contributed by atoms with Crippen molar-refractivity contribution in [1.82, 2.24) is 0 Å². The molecule has 0 aromatic heterocycles. The Morgan fingerprint density at radius 2 is 2.15 bits per heavy atom. The molecule has 1 aromatic rings. The van der Waals surface area contributed by atoms with E-state index < -0.39 is 6.10 Å². The van der Waals surface area contributed by atoms with Gasteiger partial charge in [-0.3, -0.25) is 0 Å². The van der Waals surface area contributed by atoms with Crippen molar-refractivity contribution in [2.45, 2.75) is 19.4 Å². The second kappa shape index (κ2) is 4.45. The van der Waals surface area contributed by atoms with Gasteiger partial charge in [0.15, 0.2) is 0 Å². The molecule has 0 aliphatic carbocycles. The first kappa shape index (κ1) is 10.3. The van der Waals surface area contributed by atoms with Gasteiger partial charge in [0.25, 0.3) is 0 Å². The molecule has 0 radical (unpaired) electrons. The van der Waals surface area contributed by atoms with Gasteiger partial charge in [-0.15, -0.1) is 6.58 Å². The number of hydrogen-bond donors (Lipinski definition) is 1. The molecule has 1 rings (SSSR count). The summed E-state index contributed by atoms with van der Waals surface area (Å²) in [5.41, 5.74) is 1.72. The van der Waals surface area contributed by atoms with Crippen LogP contribution in [-0.4, -0.2) is 5.11 Å². The first-order chi connectivity index (χ1) is 6.11. The third-order valence-electron chi connectivity index (χ3n) is 1.81. The molecule has 1 N–H and O–H groups in total. The molecule has 1 nitrogen and oxygen atoms in total. The Morgan fingerprint density at radius 1 is 1.54 bits per heavy atom. The van der Waals surface area contributed by atoms with Crippen LogP contribution in [0.15, 0.2) is 36.4 Å². The average Bonchev–Trinajstić information content (AvgIpc) is 2.03. The number of aliphatic hydroxyl groups is 1. The van der Waals surface area contributed by atoms with Gasteiger partial charge in [-0.05, 0) is 25.0 Å². The molecule has 70 valence electrons. The number of hydrogen-bond acceptors (Lipinski definition) is 1. The Hall–Kier alpha value is -0.790. The van der Waals surface area contributed by atoms with Gasteiger partial charge in [0.05, 0.1) is 6.10 Å². The molecular weight excluding hydrogens is 184 g/mol. The van der Waals surface area contributed by atoms with Gasteiger partial charge in [0.2, 0.25) is 0 Å². The maximum Gasteiger partial charge on any atom is 0.0841 e. The summed E-state index contributed by atoms with van der Waals surface area (Å²) in [6.07, 6.45) is 0.0233. The van der Waals surface area contributed by atoms with E-state index in [4.69, 9.17) is 11.6 Å². The van der Waals surface area contributed by atoms with E-state index in [1.54, 1.807) is 6.07 Å². The van der Waals surface area contributed by atoms with Gasteiger partial charge < -0.3 is 5.11 Å². The van der Waals surface area contributed by atoms with Crippen molar-refractivity contribution < 1.29 is 5.11 Å². The first-order valence-electron chi connectivity index (χ1n) is 4.18. The van der Waals surface area contributed by atoms with Crippen molar-refractivity contribution in [3.8, 4) is 0 Å². The Kier molecular flexibility index (Phi) is 3.52. The monoisotopic (exact) mass is 196 g/mol. The van der Waals surface area contributed by atoms with Crippen LogP contribution in [0.25, 0.3) is 0 Å². The topological polar surface area (TPSA) is 20.2 Å². The third-order valence-corrected chi connectivity index (χ3v) is 2.15. The molecule has 0 saturated heterocycles. The van der Waals surface area contributed by atoms with Crippen molar-refractivity contribution in [1.29, 1.82) is 0 Å². The van der Waals surface area contributed by atoms with Gasteiger partial charge in [0.1, 0.15) is 0 Å². The van der Waals surface area contributed by atoms with E-state index in [1.807, 2.05) is 25.1 Å². The Balaban J connectivity index is 2.82. The second-order valence-electron chi connectivity index (χ2n) is 3.20. The van der Waals surface area contributed by atoms with Crippen LogP contribution in [0.1, 0.15) is 25.0 Å². The summed E-state index contributed by atoms with van der Waals surface area (Å²) in [6, 6.07) is 7.32. The molecule has 1 aromatic carbocycles. The summed E-state index contributed by atoms with van der Waals surface area (Å²) >= 11 is 5.91. The fourth-order valence-electron chi connectivity index (χ4n) is 1.19. The van der Waals surface area contributed by atoms with Crippen LogP contribution in [-0.2, 0) is 0 Å². The molecule has 0 amide bonds. The van der Waals surface area contributed by atoms with Crippen LogP contribution in [0.4, 0.5) is 0 Å². The van der Waals surface area contributed by atoms with E-state index in [9.17, 15) is 5.11 Å². The van der Waals surface area contributed by atoms with Crippen LogP contribution in [0.5, 0.6) is 0 Å². The summed E-state index contributed by atoms with van der Waals surface area (Å²) in [4.78, 5) is 0. The van der Waals surface area contributed by atoms with Crippen LogP contribution >= 0.6 is 11.6 Å². The molecule has 13 heavy (non-hydrogen) atoms. The number of rotatable bonds is 3. The zero-order valence-electron chi connectivity index (χ0n) is 7.63. The number of halogens is 1. The molecule has 0 spiro atoms. The zero-order valence-corrected chi connectivity index (χ0v) is 8.38. The summed E-state index contributed by atoms with van der Waals surface area (Å²) in [5, 5.41) is 10.3. The third kappa shape index (κ3) is 2.87. The van der Waals surface area contributed by atoms with Crippen molar-refractivity contribution in [3.63, 3.8) is 0 Å².